The van der Waals surface area contributed by atoms with Gasteiger partial charge in [-0.1, -0.05) is 25.1 Å². The molecule has 0 aromatic heterocycles. The van der Waals surface area contributed by atoms with Gasteiger partial charge in [-0.3, -0.25) is 9.69 Å². The van der Waals surface area contributed by atoms with Crippen LogP contribution in [0.5, 0.6) is 5.75 Å². The lowest BCUT2D eigenvalue weighted by Gasteiger charge is -2.27. The number of rotatable bonds is 4. The van der Waals surface area contributed by atoms with Gasteiger partial charge in [0.25, 0.3) is 5.91 Å². The van der Waals surface area contributed by atoms with Crippen molar-refractivity contribution in [3.8, 4) is 5.75 Å². The van der Waals surface area contributed by atoms with E-state index in [1.165, 1.54) is 0 Å². The van der Waals surface area contributed by atoms with Gasteiger partial charge in [-0.25, -0.2) is 4.79 Å². The highest BCUT2D eigenvalue weighted by Gasteiger charge is 2.55. The summed E-state index contributed by atoms with van der Waals surface area (Å²) in [5.74, 6) is -2.03. The zero-order valence-electron chi connectivity index (χ0n) is 15.0. The Hall–Kier alpha value is -2.86. The number of carboxylic acid groups (broad SMARTS) is 1. The van der Waals surface area contributed by atoms with E-state index in [1.54, 1.807) is 43.3 Å². The van der Waals surface area contributed by atoms with E-state index in [-0.39, 0.29) is 17.7 Å². The normalized spacial score (nSPS) is 21.9. The van der Waals surface area contributed by atoms with E-state index in [0.29, 0.717) is 11.3 Å². The fourth-order valence-electron chi connectivity index (χ4n) is 4.33. The van der Waals surface area contributed by atoms with Crippen molar-refractivity contribution in [2.75, 3.05) is 4.90 Å². The smallest absolute Gasteiger partial charge is 0.326 e. The van der Waals surface area contributed by atoms with Gasteiger partial charge >= 0.3 is 5.97 Å². The highest BCUT2D eigenvalue weighted by molar-refractivity contribution is 6.12. The number of aliphatic hydroxyl groups is 1. The summed E-state index contributed by atoms with van der Waals surface area (Å²) in [6, 6.07) is 8.83. The van der Waals surface area contributed by atoms with Crippen LogP contribution < -0.4 is 4.90 Å². The molecular formula is C21H21NO5. The maximum atomic E-state index is 13.3. The minimum atomic E-state index is -2.11. The number of aromatic hydroxyl groups is 1. The van der Waals surface area contributed by atoms with Gasteiger partial charge in [0.2, 0.25) is 0 Å². The standard InChI is InChI=1S/C21H21NO5/c1-2-16(19(24)25)22-17-9-4-3-8-14(17)21(27,20(22)26)15-10-12-6-5-7-13(12)11-18(15)23/h3-4,8-11,16,23,27H,2,5-7H2,1H3,(H,24,25). The molecule has 140 valence electrons. The van der Waals surface area contributed by atoms with Crippen LogP contribution in [0.1, 0.15) is 42.0 Å². The second kappa shape index (κ2) is 6.09. The molecule has 1 heterocycles. The molecule has 0 bridgehead atoms. The maximum Gasteiger partial charge on any atom is 0.326 e. The summed E-state index contributed by atoms with van der Waals surface area (Å²) in [4.78, 5) is 26.2. The Bertz CT molecular complexity index is 954. The lowest BCUT2D eigenvalue weighted by molar-refractivity contribution is -0.142. The van der Waals surface area contributed by atoms with Gasteiger partial charge in [0.05, 0.1) is 5.69 Å². The first-order valence-electron chi connectivity index (χ1n) is 9.13. The van der Waals surface area contributed by atoms with E-state index >= 15 is 0 Å². The summed E-state index contributed by atoms with van der Waals surface area (Å²) in [6.07, 6.45) is 2.84. The molecule has 2 atom stereocenters. The molecule has 0 radical (unpaired) electrons. The number of hydrogen-bond donors (Lipinski definition) is 3. The van der Waals surface area contributed by atoms with E-state index in [2.05, 4.69) is 0 Å². The highest BCUT2D eigenvalue weighted by Crippen LogP contribution is 2.48. The van der Waals surface area contributed by atoms with Gasteiger partial charge in [0.1, 0.15) is 11.8 Å². The number of para-hydroxylation sites is 1. The summed E-state index contributed by atoms with van der Waals surface area (Å²) in [7, 11) is 0. The molecule has 1 aliphatic carbocycles. The van der Waals surface area contributed by atoms with Crippen LogP contribution in [0.2, 0.25) is 0 Å². The second-order valence-electron chi connectivity index (χ2n) is 7.16. The number of fused-ring (bicyclic) bond motifs is 2. The number of nitrogens with zero attached hydrogens (tertiary/aromatic N) is 1. The number of phenolic OH excluding ortho intramolecular Hbond substituents is 1. The molecular weight excluding hydrogens is 346 g/mol. The summed E-state index contributed by atoms with van der Waals surface area (Å²) in [6.45, 7) is 1.68. The molecule has 2 aromatic rings. The largest absolute Gasteiger partial charge is 0.508 e. The molecule has 6 nitrogen and oxygen atoms in total. The molecule has 0 saturated heterocycles. The van der Waals surface area contributed by atoms with Gasteiger partial charge in [0, 0.05) is 11.1 Å². The minimum Gasteiger partial charge on any atom is -0.508 e. The van der Waals surface area contributed by atoms with Crippen LogP contribution in [0.3, 0.4) is 0 Å². The number of benzene rings is 2. The fraction of sp³-hybridized carbons (Fsp3) is 0.333. The molecule has 1 aliphatic heterocycles. The zero-order valence-corrected chi connectivity index (χ0v) is 15.0. The number of aliphatic carboxylic acids is 1. The lowest BCUT2D eigenvalue weighted by Crippen LogP contribution is -2.48. The minimum absolute atomic E-state index is 0.114. The predicted molar refractivity (Wildman–Crippen MR) is 98.8 cm³/mol. The second-order valence-corrected chi connectivity index (χ2v) is 7.16. The molecule has 0 spiro atoms. The van der Waals surface area contributed by atoms with Crippen molar-refractivity contribution < 1.29 is 24.9 Å². The van der Waals surface area contributed by atoms with Crippen LogP contribution in [0, 0.1) is 0 Å². The van der Waals surface area contributed by atoms with E-state index < -0.39 is 23.5 Å². The molecule has 2 unspecified atom stereocenters. The molecule has 27 heavy (non-hydrogen) atoms. The zero-order chi connectivity index (χ0) is 19.3. The predicted octanol–water partition coefficient (Wildman–Crippen LogP) is 2.33. The summed E-state index contributed by atoms with van der Waals surface area (Å²) < 4.78 is 0. The van der Waals surface area contributed by atoms with Gasteiger partial charge in [-0.05, 0) is 55.0 Å². The molecule has 2 aliphatic rings. The Morgan fingerprint density at radius 1 is 1.19 bits per heavy atom. The van der Waals surface area contributed by atoms with Crippen molar-refractivity contribution in [3.05, 3.63) is 58.7 Å². The number of amides is 1. The Morgan fingerprint density at radius 2 is 1.85 bits per heavy atom. The van der Waals surface area contributed by atoms with Crippen LogP contribution in [0.25, 0.3) is 0 Å². The quantitative estimate of drug-likeness (QED) is 0.770. The van der Waals surface area contributed by atoms with Crippen molar-refractivity contribution in [2.45, 2.75) is 44.2 Å². The molecule has 0 fully saturated rings. The molecule has 6 heteroatoms. The van der Waals surface area contributed by atoms with Crippen molar-refractivity contribution in [3.63, 3.8) is 0 Å². The van der Waals surface area contributed by atoms with Gasteiger partial charge < -0.3 is 15.3 Å². The number of anilines is 1. The first-order valence-corrected chi connectivity index (χ1v) is 9.13. The van der Waals surface area contributed by atoms with Gasteiger partial charge in [-0.15, -0.1) is 0 Å². The third kappa shape index (κ3) is 2.36. The number of carboxylic acids is 1. The summed E-state index contributed by atoms with van der Waals surface area (Å²) in [5.41, 5.74) is 0.685. The van der Waals surface area contributed by atoms with Crippen LogP contribution in [-0.4, -0.2) is 33.2 Å². The fourth-order valence-corrected chi connectivity index (χ4v) is 4.33. The molecule has 4 rings (SSSR count). The van der Waals surface area contributed by atoms with Crippen LogP contribution >= 0.6 is 0 Å². The SMILES string of the molecule is CCC(C(=O)O)N1C(=O)C(O)(c2cc3c(cc2O)CCC3)c2ccccc21. The number of carbonyl (C=O) groups is 2. The van der Waals surface area contributed by atoms with E-state index in [4.69, 9.17) is 0 Å². The van der Waals surface area contributed by atoms with Crippen molar-refractivity contribution >= 4 is 17.6 Å². The third-order valence-electron chi connectivity index (χ3n) is 5.67. The number of carbonyl (C=O) groups excluding carboxylic acids is 1. The van der Waals surface area contributed by atoms with E-state index in [1.807, 2.05) is 0 Å². The third-order valence-corrected chi connectivity index (χ3v) is 5.67. The number of hydrogen-bond acceptors (Lipinski definition) is 4. The topological polar surface area (TPSA) is 98.1 Å². The average Bonchev–Trinajstić information content (AvgIpc) is 3.18. The average molecular weight is 367 g/mol. The number of phenols is 1. The van der Waals surface area contributed by atoms with Crippen LogP contribution in [-0.2, 0) is 28.0 Å². The Balaban J connectivity index is 1.93. The number of aryl methyl sites for hydroxylation is 2. The first kappa shape index (κ1) is 17.5. The monoisotopic (exact) mass is 367 g/mol. The van der Waals surface area contributed by atoms with E-state index in [9.17, 15) is 24.9 Å². The summed E-state index contributed by atoms with van der Waals surface area (Å²) >= 11 is 0. The Kier molecular flexibility index (Phi) is 3.96. The molecule has 2 aromatic carbocycles. The van der Waals surface area contributed by atoms with Crippen LogP contribution in [0.4, 0.5) is 5.69 Å². The van der Waals surface area contributed by atoms with Crippen molar-refractivity contribution in [1.82, 2.24) is 0 Å². The molecule has 0 saturated carbocycles. The summed E-state index contributed by atoms with van der Waals surface area (Å²) in [5, 5.41) is 31.7. The van der Waals surface area contributed by atoms with Gasteiger partial charge in [-0.2, -0.15) is 0 Å². The van der Waals surface area contributed by atoms with Crippen LogP contribution in [0.15, 0.2) is 36.4 Å². The maximum absolute atomic E-state index is 13.3. The van der Waals surface area contributed by atoms with E-state index in [0.717, 1.165) is 35.3 Å². The van der Waals surface area contributed by atoms with Crippen molar-refractivity contribution in [2.24, 2.45) is 0 Å². The molecule has 1 amide bonds. The first-order chi connectivity index (χ1) is 12.9. The Morgan fingerprint density at radius 3 is 2.52 bits per heavy atom. The molecule has 3 N–H and O–H groups in total. The van der Waals surface area contributed by atoms with Gasteiger partial charge in [0.15, 0.2) is 5.60 Å². The van der Waals surface area contributed by atoms with Crippen molar-refractivity contribution in [1.29, 1.82) is 0 Å². The Labute approximate surface area is 156 Å². The highest BCUT2D eigenvalue weighted by atomic mass is 16.4. The lowest BCUT2D eigenvalue weighted by atomic mass is 9.85.